The quantitative estimate of drug-likeness (QED) is 0.828. The highest BCUT2D eigenvalue weighted by molar-refractivity contribution is 5.90. The molecule has 0 fully saturated rings. The molecule has 0 spiro atoms. The number of benzene rings is 1. The molecular weight excluding hydrogens is 198 g/mol. The van der Waals surface area contributed by atoms with Gasteiger partial charge >= 0.3 is 0 Å². The molecule has 0 atom stereocenters. The van der Waals surface area contributed by atoms with Crippen LogP contribution in [-0.4, -0.2) is 5.91 Å². The Kier molecular flexibility index (Phi) is 3.28. The first kappa shape index (κ1) is 11.2. The molecule has 1 aromatic carbocycles. The summed E-state index contributed by atoms with van der Waals surface area (Å²) >= 11 is 0. The highest BCUT2D eigenvalue weighted by Gasteiger charge is 2.12. The first-order valence-electron chi connectivity index (χ1n) is 6.07. The zero-order valence-electron chi connectivity index (χ0n) is 10.0. The summed E-state index contributed by atoms with van der Waals surface area (Å²) in [6, 6.07) is 6.29. The van der Waals surface area contributed by atoms with Gasteiger partial charge in [0.25, 0.3) is 0 Å². The van der Waals surface area contributed by atoms with E-state index in [-0.39, 0.29) is 5.91 Å². The summed E-state index contributed by atoms with van der Waals surface area (Å²) in [5.74, 6) is 0.530. The predicted octanol–water partition coefficient (Wildman–Crippen LogP) is 3.16. The number of rotatable bonds is 3. The summed E-state index contributed by atoms with van der Waals surface area (Å²) in [4.78, 5) is 11.6. The Labute approximate surface area is 97.1 Å². The highest BCUT2D eigenvalue weighted by atomic mass is 16.1. The number of nitrogens with one attached hydrogen (secondary N) is 1. The second kappa shape index (κ2) is 4.69. The highest BCUT2D eigenvalue weighted by Crippen LogP contribution is 2.25. The molecule has 0 heterocycles. The van der Waals surface area contributed by atoms with E-state index in [1.165, 1.54) is 24.0 Å². The molecule has 1 amide bonds. The number of carbonyl (C=O) groups excluding carboxylic acids is 1. The molecule has 1 aliphatic carbocycles. The van der Waals surface area contributed by atoms with Crippen molar-refractivity contribution >= 4 is 11.6 Å². The van der Waals surface area contributed by atoms with Crippen LogP contribution in [0, 0.1) is 5.92 Å². The Morgan fingerprint density at radius 1 is 1.31 bits per heavy atom. The number of aryl methyl sites for hydroxylation is 2. The van der Waals surface area contributed by atoms with Crippen LogP contribution in [0.2, 0.25) is 0 Å². The number of hydrogen-bond acceptors (Lipinski definition) is 1. The molecule has 16 heavy (non-hydrogen) atoms. The van der Waals surface area contributed by atoms with E-state index in [1.54, 1.807) is 0 Å². The fourth-order valence-electron chi connectivity index (χ4n) is 2.23. The fraction of sp³-hybridized carbons (Fsp3) is 0.500. The zero-order valence-corrected chi connectivity index (χ0v) is 10.0. The van der Waals surface area contributed by atoms with Crippen LogP contribution in [-0.2, 0) is 17.6 Å². The van der Waals surface area contributed by atoms with Crippen LogP contribution < -0.4 is 5.32 Å². The van der Waals surface area contributed by atoms with Crippen molar-refractivity contribution < 1.29 is 4.79 Å². The fourth-order valence-corrected chi connectivity index (χ4v) is 2.23. The third kappa shape index (κ3) is 2.63. The minimum Gasteiger partial charge on any atom is -0.326 e. The topological polar surface area (TPSA) is 29.1 Å². The van der Waals surface area contributed by atoms with Crippen molar-refractivity contribution in [3.63, 3.8) is 0 Å². The number of anilines is 1. The molecule has 0 saturated heterocycles. The summed E-state index contributed by atoms with van der Waals surface area (Å²) in [7, 11) is 0. The maximum absolute atomic E-state index is 11.6. The number of fused-ring (bicyclic) bond motifs is 1. The van der Waals surface area contributed by atoms with E-state index in [1.807, 2.05) is 6.07 Å². The molecule has 86 valence electrons. The largest absolute Gasteiger partial charge is 0.326 e. The molecule has 0 aromatic heterocycles. The molecule has 1 aromatic rings. The second-order valence-corrected chi connectivity index (χ2v) is 4.98. The van der Waals surface area contributed by atoms with Gasteiger partial charge in [0.2, 0.25) is 5.91 Å². The van der Waals surface area contributed by atoms with Crippen molar-refractivity contribution in [2.75, 3.05) is 5.32 Å². The second-order valence-electron chi connectivity index (χ2n) is 4.98. The van der Waals surface area contributed by atoms with E-state index in [9.17, 15) is 4.79 Å². The summed E-state index contributed by atoms with van der Waals surface area (Å²) in [6.45, 7) is 4.12. The zero-order chi connectivity index (χ0) is 11.5. The first-order valence-corrected chi connectivity index (χ1v) is 6.07. The van der Waals surface area contributed by atoms with E-state index in [0.717, 1.165) is 12.1 Å². The SMILES string of the molecule is CC(C)CC(=O)Nc1ccc2c(c1)CCC2. The number of amides is 1. The monoisotopic (exact) mass is 217 g/mol. The normalized spacial score (nSPS) is 13.9. The lowest BCUT2D eigenvalue weighted by Crippen LogP contribution is -2.13. The van der Waals surface area contributed by atoms with Gasteiger partial charge in [-0.05, 0) is 48.4 Å². The lowest BCUT2D eigenvalue weighted by atomic mass is 10.1. The molecule has 0 saturated carbocycles. The smallest absolute Gasteiger partial charge is 0.224 e. The van der Waals surface area contributed by atoms with Crippen LogP contribution in [0.5, 0.6) is 0 Å². The Morgan fingerprint density at radius 2 is 2.06 bits per heavy atom. The average Bonchev–Trinajstić information content (AvgIpc) is 2.63. The van der Waals surface area contributed by atoms with Crippen molar-refractivity contribution in [2.45, 2.75) is 39.5 Å². The van der Waals surface area contributed by atoms with Gasteiger partial charge in [0.05, 0.1) is 0 Å². The molecule has 0 bridgehead atoms. The molecule has 0 aliphatic heterocycles. The minimum absolute atomic E-state index is 0.118. The Bertz CT molecular complexity index is 396. The molecule has 2 rings (SSSR count). The lowest BCUT2D eigenvalue weighted by molar-refractivity contribution is -0.116. The molecule has 1 N–H and O–H groups in total. The molecule has 1 aliphatic rings. The van der Waals surface area contributed by atoms with Crippen LogP contribution in [0.1, 0.15) is 37.8 Å². The Morgan fingerprint density at radius 3 is 2.81 bits per heavy atom. The van der Waals surface area contributed by atoms with Crippen molar-refractivity contribution in [3.05, 3.63) is 29.3 Å². The number of carbonyl (C=O) groups is 1. The van der Waals surface area contributed by atoms with Gasteiger partial charge in [0.1, 0.15) is 0 Å². The minimum atomic E-state index is 0.118. The van der Waals surface area contributed by atoms with Gasteiger partial charge in [-0.3, -0.25) is 4.79 Å². The summed E-state index contributed by atoms with van der Waals surface area (Å²) in [6.07, 6.45) is 4.19. The van der Waals surface area contributed by atoms with Gasteiger partial charge in [0, 0.05) is 12.1 Å². The summed E-state index contributed by atoms with van der Waals surface area (Å²) in [5.41, 5.74) is 3.80. The van der Waals surface area contributed by atoms with Gasteiger partial charge in [-0.25, -0.2) is 0 Å². The predicted molar refractivity (Wildman–Crippen MR) is 66.6 cm³/mol. The molecular formula is C14H19NO. The van der Waals surface area contributed by atoms with E-state index in [0.29, 0.717) is 12.3 Å². The number of hydrogen-bond donors (Lipinski definition) is 1. The third-order valence-electron chi connectivity index (χ3n) is 2.98. The molecule has 0 unspecified atom stereocenters. The third-order valence-corrected chi connectivity index (χ3v) is 2.98. The van der Waals surface area contributed by atoms with Gasteiger partial charge < -0.3 is 5.32 Å². The van der Waals surface area contributed by atoms with E-state index < -0.39 is 0 Å². The van der Waals surface area contributed by atoms with Crippen LogP contribution in [0.15, 0.2) is 18.2 Å². The molecule has 2 nitrogen and oxygen atoms in total. The van der Waals surface area contributed by atoms with Gasteiger partial charge in [-0.15, -0.1) is 0 Å². The summed E-state index contributed by atoms with van der Waals surface area (Å²) < 4.78 is 0. The van der Waals surface area contributed by atoms with Crippen molar-refractivity contribution in [2.24, 2.45) is 5.92 Å². The first-order chi connectivity index (χ1) is 7.65. The van der Waals surface area contributed by atoms with Gasteiger partial charge in [0.15, 0.2) is 0 Å². The van der Waals surface area contributed by atoms with Crippen LogP contribution in [0.25, 0.3) is 0 Å². The van der Waals surface area contributed by atoms with Crippen LogP contribution in [0.4, 0.5) is 5.69 Å². The van der Waals surface area contributed by atoms with Gasteiger partial charge in [-0.2, -0.15) is 0 Å². The average molecular weight is 217 g/mol. The van der Waals surface area contributed by atoms with E-state index in [2.05, 4.69) is 31.3 Å². The van der Waals surface area contributed by atoms with Crippen molar-refractivity contribution in [1.29, 1.82) is 0 Å². The molecule has 0 radical (unpaired) electrons. The van der Waals surface area contributed by atoms with E-state index >= 15 is 0 Å². The Hall–Kier alpha value is -1.31. The maximum atomic E-state index is 11.6. The lowest BCUT2D eigenvalue weighted by Gasteiger charge is -2.08. The molecule has 2 heteroatoms. The Balaban J connectivity index is 2.02. The maximum Gasteiger partial charge on any atom is 0.224 e. The van der Waals surface area contributed by atoms with E-state index in [4.69, 9.17) is 0 Å². The van der Waals surface area contributed by atoms with Gasteiger partial charge in [-0.1, -0.05) is 19.9 Å². The van der Waals surface area contributed by atoms with Crippen LogP contribution >= 0.6 is 0 Å². The van der Waals surface area contributed by atoms with Crippen molar-refractivity contribution in [3.8, 4) is 0 Å². The standard InChI is InChI=1S/C14H19NO/c1-10(2)8-14(16)15-13-7-6-11-4-3-5-12(11)9-13/h6-7,9-10H,3-5,8H2,1-2H3,(H,15,16). The van der Waals surface area contributed by atoms with Crippen LogP contribution in [0.3, 0.4) is 0 Å². The summed E-state index contributed by atoms with van der Waals surface area (Å²) in [5, 5.41) is 2.96. The van der Waals surface area contributed by atoms with Crippen molar-refractivity contribution in [1.82, 2.24) is 0 Å².